The first kappa shape index (κ1) is 20.7. The Hall–Kier alpha value is -3.57. The molecule has 0 saturated heterocycles. The second-order valence-electron chi connectivity index (χ2n) is 6.63. The van der Waals surface area contributed by atoms with Crippen LogP contribution in [0, 0.1) is 0 Å². The Balaban J connectivity index is 2.11. The maximum absolute atomic E-state index is 14.1. The zero-order valence-corrected chi connectivity index (χ0v) is 15.6. The van der Waals surface area contributed by atoms with E-state index in [1.54, 1.807) is 0 Å². The Kier molecular flexibility index (Phi) is 5.07. The number of halogens is 5. The van der Waals surface area contributed by atoms with Gasteiger partial charge in [-0.25, -0.2) is 18.7 Å². The summed E-state index contributed by atoms with van der Waals surface area (Å²) in [5.41, 5.74) is -4.94. The molecular weight excluding hydrogens is 427 g/mol. The number of hydrogen-bond donors (Lipinski definition) is 1. The molecule has 3 heterocycles. The van der Waals surface area contributed by atoms with Gasteiger partial charge in [-0.3, -0.25) is 9.36 Å². The molecule has 12 heteroatoms. The summed E-state index contributed by atoms with van der Waals surface area (Å²) in [4.78, 5) is 20.7. The number of fused-ring (bicyclic) bond motifs is 1. The van der Waals surface area contributed by atoms with Gasteiger partial charge in [0.05, 0.1) is 12.1 Å². The molecule has 4 rings (SSSR count). The van der Waals surface area contributed by atoms with Crippen LogP contribution in [0.4, 0.5) is 27.6 Å². The molecule has 162 valence electrons. The van der Waals surface area contributed by atoms with Gasteiger partial charge in [0.1, 0.15) is 11.1 Å². The van der Waals surface area contributed by atoms with E-state index in [-0.39, 0.29) is 30.0 Å². The van der Waals surface area contributed by atoms with Crippen LogP contribution in [0.5, 0.6) is 5.75 Å². The van der Waals surface area contributed by atoms with Gasteiger partial charge in [-0.2, -0.15) is 17.7 Å². The van der Waals surface area contributed by atoms with Crippen molar-refractivity contribution in [2.24, 2.45) is 0 Å². The molecule has 7 nitrogen and oxygen atoms in total. The average molecular weight is 441 g/mol. The number of pyridine rings is 1. The van der Waals surface area contributed by atoms with E-state index in [0.29, 0.717) is 4.57 Å². The fourth-order valence-electron chi connectivity index (χ4n) is 3.51. The van der Waals surface area contributed by atoms with E-state index in [9.17, 15) is 31.9 Å². The summed E-state index contributed by atoms with van der Waals surface area (Å²) in [6.07, 6.45) is -4.57. The molecule has 0 aliphatic carbocycles. The number of hydrogen-bond acceptors (Lipinski definition) is 5. The highest BCUT2D eigenvalue weighted by Gasteiger charge is 2.42. The predicted molar refractivity (Wildman–Crippen MR) is 98.7 cm³/mol. The van der Waals surface area contributed by atoms with E-state index in [2.05, 4.69) is 9.97 Å². The SMILES string of the molecule is O=c1c(-c2cccc([N+]3=COCC3)c2C(F)(F)F)c(O)c2nccnc2n1CC(F)F. The Morgan fingerprint density at radius 1 is 1.23 bits per heavy atom. The minimum Gasteiger partial charge on any atom is -0.505 e. The maximum Gasteiger partial charge on any atom is 0.423 e. The summed E-state index contributed by atoms with van der Waals surface area (Å²) < 4.78 is 75.3. The molecule has 0 unspecified atom stereocenters. The van der Waals surface area contributed by atoms with E-state index in [1.807, 2.05) is 0 Å². The zero-order chi connectivity index (χ0) is 22.3. The number of benzene rings is 1. The van der Waals surface area contributed by atoms with E-state index in [1.165, 1.54) is 16.7 Å². The quantitative estimate of drug-likeness (QED) is 0.497. The first-order valence-electron chi connectivity index (χ1n) is 8.97. The number of alkyl halides is 5. The fourth-order valence-corrected chi connectivity index (χ4v) is 3.51. The first-order valence-corrected chi connectivity index (χ1v) is 8.97. The summed E-state index contributed by atoms with van der Waals surface area (Å²) >= 11 is 0. The molecule has 0 spiro atoms. The molecule has 0 radical (unpaired) electrons. The number of rotatable bonds is 4. The maximum atomic E-state index is 14.1. The highest BCUT2D eigenvalue weighted by Crippen LogP contribution is 2.44. The molecule has 1 N–H and O–H groups in total. The molecular formula is C19H14F5N4O3+. The van der Waals surface area contributed by atoms with Crippen molar-refractivity contribution in [3.05, 3.63) is 46.5 Å². The van der Waals surface area contributed by atoms with E-state index < -0.39 is 47.1 Å². The normalized spacial score (nSPS) is 14.2. The van der Waals surface area contributed by atoms with Crippen LogP contribution < -0.4 is 5.56 Å². The van der Waals surface area contributed by atoms with Gasteiger partial charge in [0, 0.05) is 24.0 Å². The molecule has 0 atom stereocenters. The van der Waals surface area contributed by atoms with Gasteiger partial charge in [0.15, 0.2) is 24.5 Å². The number of aromatic hydroxyl groups is 1. The number of nitrogens with zero attached hydrogens (tertiary/aromatic N) is 4. The van der Waals surface area contributed by atoms with Gasteiger partial charge in [0.25, 0.3) is 12.0 Å². The van der Waals surface area contributed by atoms with Gasteiger partial charge >= 0.3 is 12.6 Å². The standard InChI is InChI=1S/C19H13F5N4O3/c20-12(21)8-28-17-15(25-4-5-26-17)16(29)13(18(28)30)10-2-1-3-11(14(10)19(22,23)24)27-6-7-31-9-27/h1-5,9,12H,6-8H2/p+1. The van der Waals surface area contributed by atoms with Crippen molar-refractivity contribution in [2.45, 2.75) is 19.1 Å². The fraction of sp³-hybridized carbons (Fsp3) is 0.263. The second kappa shape index (κ2) is 7.60. The van der Waals surface area contributed by atoms with Crippen molar-refractivity contribution in [1.82, 2.24) is 14.5 Å². The lowest BCUT2D eigenvalue weighted by atomic mass is 9.97. The third kappa shape index (κ3) is 3.57. The lowest BCUT2D eigenvalue weighted by molar-refractivity contribution is -0.426. The Morgan fingerprint density at radius 2 is 1.97 bits per heavy atom. The Labute approximate surface area is 170 Å². The van der Waals surface area contributed by atoms with Crippen molar-refractivity contribution in [3.63, 3.8) is 0 Å². The Bertz CT molecular complexity index is 1250. The van der Waals surface area contributed by atoms with Crippen molar-refractivity contribution >= 4 is 23.3 Å². The van der Waals surface area contributed by atoms with Gasteiger partial charge in [-0.05, 0) is 0 Å². The third-order valence-electron chi connectivity index (χ3n) is 4.73. The van der Waals surface area contributed by atoms with Crippen molar-refractivity contribution < 1.29 is 36.4 Å². The Morgan fingerprint density at radius 3 is 2.61 bits per heavy atom. The van der Waals surface area contributed by atoms with Crippen LogP contribution >= 0.6 is 0 Å². The molecule has 1 aliphatic rings. The van der Waals surface area contributed by atoms with Gasteiger partial charge < -0.3 is 9.84 Å². The summed E-state index contributed by atoms with van der Waals surface area (Å²) in [6.45, 7) is -0.826. The topological polar surface area (TPSA) is 80.2 Å². The van der Waals surface area contributed by atoms with Crippen LogP contribution in [0.2, 0.25) is 0 Å². The highest BCUT2D eigenvalue weighted by atomic mass is 19.4. The molecule has 1 aromatic carbocycles. The molecule has 1 aliphatic heterocycles. The number of ether oxygens (including phenoxy) is 1. The lowest BCUT2D eigenvalue weighted by Gasteiger charge is -2.17. The molecule has 0 amide bonds. The summed E-state index contributed by atoms with van der Waals surface area (Å²) in [7, 11) is 0. The molecule has 0 bridgehead atoms. The van der Waals surface area contributed by atoms with Crippen LogP contribution in [0.25, 0.3) is 22.3 Å². The van der Waals surface area contributed by atoms with Gasteiger partial charge in [-0.1, -0.05) is 12.1 Å². The summed E-state index contributed by atoms with van der Waals surface area (Å²) in [5, 5.41) is 10.7. The van der Waals surface area contributed by atoms with Crippen LogP contribution in [0.15, 0.2) is 35.4 Å². The van der Waals surface area contributed by atoms with Crippen LogP contribution in [0.3, 0.4) is 0 Å². The lowest BCUT2D eigenvalue weighted by Crippen LogP contribution is -2.27. The van der Waals surface area contributed by atoms with E-state index in [0.717, 1.165) is 24.9 Å². The molecule has 3 aromatic rings. The van der Waals surface area contributed by atoms with Crippen LogP contribution in [0.1, 0.15) is 5.56 Å². The summed E-state index contributed by atoms with van der Waals surface area (Å²) in [6, 6.07) is 3.45. The smallest absolute Gasteiger partial charge is 0.423 e. The zero-order valence-electron chi connectivity index (χ0n) is 15.6. The van der Waals surface area contributed by atoms with Crippen molar-refractivity contribution in [1.29, 1.82) is 0 Å². The summed E-state index contributed by atoms with van der Waals surface area (Å²) in [5.74, 6) is -0.872. The first-order chi connectivity index (χ1) is 14.7. The van der Waals surface area contributed by atoms with Crippen molar-refractivity contribution in [2.75, 3.05) is 13.2 Å². The van der Waals surface area contributed by atoms with Gasteiger partial charge in [0.2, 0.25) is 5.69 Å². The molecule has 0 saturated carbocycles. The minimum atomic E-state index is -4.94. The van der Waals surface area contributed by atoms with Gasteiger partial charge in [-0.15, -0.1) is 0 Å². The van der Waals surface area contributed by atoms with E-state index >= 15 is 0 Å². The largest absolute Gasteiger partial charge is 0.505 e. The average Bonchev–Trinajstić information content (AvgIpc) is 3.25. The highest BCUT2D eigenvalue weighted by molar-refractivity contribution is 5.89. The van der Waals surface area contributed by atoms with Crippen LogP contribution in [-0.2, 0) is 17.5 Å². The van der Waals surface area contributed by atoms with Crippen LogP contribution in [-0.4, -0.2) is 50.2 Å². The molecule has 0 fully saturated rings. The third-order valence-corrected chi connectivity index (χ3v) is 4.73. The second-order valence-corrected chi connectivity index (χ2v) is 6.63. The predicted octanol–water partition coefficient (Wildman–Crippen LogP) is 3.15. The minimum absolute atomic E-state index is 0.136. The van der Waals surface area contributed by atoms with Crippen molar-refractivity contribution in [3.8, 4) is 16.9 Å². The number of aromatic nitrogens is 3. The molecule has 31 heavy (non-hydrogen) atoms. The monoisotopic (exact) mass is 441 g/mol. The molecule has 2 aromatic heterocycles. The van der Waals surface area contributed by atoms with E-state index in [4.69, 9.17) is 4.74 Å².